The van der Waals surface area contributed by atoms with Crippen molar-refractivity contribution in [1.29, 1.82) is 5.26 Å². The van der Waals surface area contributed by atoms with Crippen molar-refractivity contribution in [2.24, 2.45) is 0 Å². The van der Waals surface area contributed by atoms with Crippen LogP contribution in [0.2, 0.25) is 0 Å². The van der Waals surface area contributed by atoms with Gasteiger partial charge in [0.2, 0.25) is 0 Å². The van der Waals surface area contributed by atoms with Crippen molar-refractivity contribution in [3.05, 3.63) is 89.5 Å². The van der Waals surface area contributed by atoms with Gasteiger partial charge in [0.1, 0.15) is 5.82 Å². The van der Waals surface area contributed by atoms with Gasteiger partial charge >= 0.3 is 6.18 Å². The predicted octanol–water partition coefficient (Wildman–Crippen LogP) is 5.28. The van der Waals surface area contributed by atoms with Gasteiger partial charge in [-0.2, -0.15) is 23.9 Å². The number of ketones is 1. The third kappa shape index (κ3) is 4.88. The molecular weight excluding hydrogens is 455 g/mol. The largest absolute Gasteiger partial charge is 0.416 e. The molecular formula is C26H28F3N5O. The summed E-state index contributed by atoms with van der Waals surface area (Å²) in [6, 6.07) is 6.50. The van der Waals surface area contributed by atoms with Gasteiger partial charge in [-0.1, -0.05) is 45.2 Å². The third-order valence-corrected chi connectivity index (χ3v) is 6.09. The van der Waals surface area contributed by atoms with Gasteiger partial charge in [-0.3, -0.25) is 4.79 Å². The number of nitrogens with one attached hydrogen (secondary N) is 2. The van der Waals surface area contributed by atoms with E-state index in [0.29, 0.717) is 34.7 Å². The van der Waals surface area contributed by atoms with Crippen LogP contribution in [0.3, 0.4) is 0 Å². The lowest BCUT2D eigenvalue weighted by molar-refractivity contribution is -0.137. The zero-order chi connectivity index (χ0) is 25.9. The molecule has 35 heavy (non-hydrogen) atoms. The zero-order valence-corrected chi connectivity index (χ0v) is 19.9. The number of nitrogens with zero attached hydrogens (tertiary/aromatic N) is 3. The summed E-state index contributed by atoms with van der Waals surface area (Å²) in [6.07, 6.45) is 0.616. The molecule has 0 radical (unpaired) electrons. The number of hydrogen-bond acceptors (Lipinski definition) is 6. The van der Waals surface area contributed by atoms with Crippen molar-refractivity contribution in [1.82, 2.24) is 15.8 Å². The van der Waals surface area contributed by atoms with Crippen LogP contribution in [0.4, 0.5) is 18.9 Å². The Morgan fingerprint density at radius 2 is 1.97 bits per heavy atom. The van der Waals surface area contributed by atoms with Gasteiger partial charge in [0.25, 0.3) is 0 Å². The van der Waals surface area contributed by atoms with Gasteiger partial charge in [-0.25, -0.2) is 0 Å². The number of carbonyl (C=O) groups is 1. The Morgan fingerprint density at radius 1 is 1.26 bits per heavy atom. The maximum atomic E-state index is 13.5. The predicted molar refractivity (Wildman–Crippen MR) is 129 cm³/mol. The SMILES string of the molecule is C=C/C(=C\C=C(\C#N)CC)C1C(C(=O)CC)=C(C)N(c2cccc(C(F)(F)F)c2)C2NNC(=C)N12. The molecule has 6 nitrogen and oxygen atoms in total. The Balaban J connectivity index is 2.27. The minimum absolute atomic E-state index is 0.157. The summed E-state index contributed by atoms with van der Waals surface area (Å²) in [5.41, 5.74) is 7.65. The molecule has 2 atom stereocenters. The Labute approximate surface area is 203 Å². The van der Waals surface area contributed by atoms with Crippen molar-refractivity contribution in [2.75, 3.05) is 4.90 Å². The van der Waals surface area contributed by atoms with E-state index in [4.69, 9.17) is 0 Å². The second-order valence-electron chi connectivity index (χ2n) is 8.12. The number of nitriles is 1. The maximum Gasteiger partial charge on any atom is 0.416 e. The van der Waals surface area contributed by atoms with Crippen LogP contribution in [0.15, 0.2) is 83.9 Å². The lowest BCUT2D eigenvalue weighted by Gasteiger charge is -2.47. The van der Waals surface area contributed by atoms with E-state index in [2.05, 4.69) is 30.1 Å². The highest BCUT2D eigenvalue weighted by molar-refractivity contribution is 5.99. The van der Waals surface area contributed by atoms with E-state index in [9.17, 15) is 23.2 Å². The molecule has 184 valence electrons. The number of hydrogen-bond donors (Lipinski definition) is 2. The topological polar surface area (TPSA) is 71.4 Å². The summed E-state index contributed by atoms with van der Waals surface area (Å²) in [4.78, 5) is 16.7. The lowest BCUT2D eigenvalue weighted by Crippen LogP contribution is -2.59. The molecule has 0 bridgehead atoms. The van der Waals surface area contributed by atoms with Crippen LogP contribution in [-0.2, 0) is 11.0 Å². The molecule has 0 aromatic heterocycles. The minimum Gasteiger partial charge on any atom is -0.312 e. The Morgan fingerprint density at radius 3 is 2.54 bits per heavy atom. The van der Waals surface area contributed by atoms with Crippen LogP contribution in [0.5, 0.6) is 0 Å². The summed E-state index contributed by atoms with van der Waals surface area (Å²) < 4.78 is 40.4. The van der Waals surface area contributed by atoms with Crippen LogP contribution in [0, 0.1) is 11.3 Å². The Bertz CT molecular complexity index is 1170. The summed E-state index contributed by atoms with van der Waals surface area (Å²) >= 11 is 0. The zero-order valence-electron chi connectivity index (χ0n) is 19.9. The summed E-state index contributed by atoms with van der Waals surface area (Å²) in [7, 11) is 0. The average Bonchev–Trinajstić information content (AvgIpc) is 3.21. The molecule has 2 aliphatic heterocycles. The Kier molecular flexibility index (Phi) is 7.56. The number of halogens is 3. The highest BCUT2D eigenvalue weighted by atomic mass is 19.4. The highest BCUT2D eigenvalue weighted by Gasteiger charge is 2.46. The highest BCUT2D eigenvalue weighted by Crippen LogP contribution is 2.41. The van der Waals surface area contributed by atoms with Gasteiger partial charge in [0, 0.05) is 29.0 Å². The fourth-order valence-corrected chi connectivity index (χ4v) is 4.31. The fourth-order valence-electron chi connectivity index (χ4n) is 4.31. The van der Waals surface area contributed by atoms with Crippen molar-refractivity contribution in [3.8, 4) is 6.07 Å². The molecule has 2 N–H and O–H groups in total. The third-order valence-electron chi connectivity index (χ3n) is 6.09. The first-order valence-corrected chi connectivity index (χ1v) is 11.2. The Hall–Kier alpha value is -3.77. The van der Waals surface area contributed by atoms with E-state index in [1.54, 1.807) is 47.9 Å². The lowest BCUT2D eigenvalue weighted by atomic mass is 9.88. The second-order valence-corrected chi connectivity index (χ2v) is 8.12. The first-order chi connectivity index (χ1) is 16.6. The summed E-state index contributed by atoms with van der Waals surface area (Å²) in [5, 5.41) is 9.31. The van der Waals surface area contributed by atoms with Crippen molar-refractivity contribution in [2.45, 2.75) is 52.1 Å². The number of carbonyl (C=O) groups excluding carboxylic acids is 1. The smallest absolute Gasteiger partial charge is 0.312 e. The van der Waals surface area contributed by atoms with Crippen molar-refractivity contribution >= 4 is 11.5 Å². The summed E-state index contributed by atoms with van der Waals surface area (Å²) in [6.45, 7) is 13.3. The fraction of sp³-hybridized carbons (Fsp3) is 0.308. The normalized spacial score (nSPS) is 21.0. The van der Waals surface area contributed by atoms with E-state index in [0.717, 1.165) is 12.1 Å². The van der Waals surface area contributed by atoms with Crippen molar-refractivity contribution < 1.29 is 18.0 Å². The van der Waals surface area contributed by atoms with Crippen LogP contribution < -0.4 is 15.8 Å². The number of anilines is 1. The number of benzene rings is 1. The first-order valence-electron chi connectivity index (χ1n) is 11.2. The number of fused-ring (bicyclic) bond motifs is 1. The molecule has 1 saturated heterocycles. The van der Waals surface area contributed by atoms with Gasteiger partial charge < -0.3 is 15.2 Å². The van der Waals surface area contributed by atoms with Crippen LogP contribution >= 0.6 is 0 Å². The van der Waals surface area contributed by atoms with E-state index < -0.39 is 24.1 Å². The molecule has 0 amide bonds. The standard InChI is InChI=1S/C26H28F3N5O/c1-6-18(15-30)12-13-19(7-2)24-23(22(35)8-3)16(4)33(25-32-31-17(5)34(24)25)21-11-9-10-20(14-21)26(27,28)29/h7,9-14,24-25,31-32H,2,5-6,8H2,1,3-4H3/b18-12+,19-13+. The second kappa shape index (κ2) is 10.2. The van der Waals surface area contributed by atoms with Crippen molar-refractivity contribution in [3.63, 3.8) is 0 Å². The number of hydrazine groups is 1. The minimum atomic E-state index is -4.51. The first kappa shape index (κ1) is 25.8. The van der Waals surface area contributed by atoms with E-state index in [1.807, 2.05) is 6.92 Å². The van der Waals surface area contributed by atoms with Crippen LogP contribution in [0.25, 0.3) is 0 Å². The van der Waals surface area contributed by atoms with Gasteiger partial charge in [-0.05, 0) is 43.2 Å². The van der Waals surface area contributed by atoms with Crippen LogP contribution in [0.1, 0.15) is 39.2 Å². The molecule has 1 aromatic rings. The maximum absolute atomic E-state index is 13.5. The molecule has 1 aromatic carbocycles. The monoisotopic (exact) mass is 483 g/mol. The molecule has 2 aliphatic rings. The number of alkyl halides is 3. The van der Waals surface area contributed by atoms with E-state index >= 15 is 0 Å². The number of rotatable bonds is 7. The summed E-state index contributed by atoms with van der Waals surface area (Å²) in [5.74, 6) is 0.286. The molecule has 1 fully saturated rings. The van der Waals surface area contributed by atoms with Gasteiger partial charge in [0.15, 0.2) is 12.1 Å². The van der Waals surface area contributed by atoms with E-state index in [1.165, 1.54) is 6.07 Å². The molecule has 3 rings (SSSR count). The van der Waals surface area contributed by atoms with E-state index in [-0.39, 0.29) is 17.9 Å². The molecule has 2 unspecified atom stereocenters. The van der Waals surface area contributed by atoms with Gasteiger partial charge in [0.05, 0.1) is 17.7 Å². The molecule has 9 heteroatoms. The average molecular weight is 484 g/mol. The molecule has 0 saturated carbocycles. The number of allylic oxidation sites excluding steroid dienone is 4. The molecule has 0 spiro atoms. The molecule has 0 aliphatic carbocycles. The number of Topliss-reactive ketones (excluding diaryl/α,β-unsaturated/α-hetero) is 1. The van der Waals surface area contributed by atoms with Crippen LogP contribution in [-0.4, -0.2) is 23.0 Å². The molecule has 2 heterocycles. The van der Waals surface area contributed by atoms with Gasteiger partial charge in [-0.15, -0.1) is 0 Å². The quantitative estimate of drug-likeness (QED) is 0.406.